The van der Waals surface area contributed by atoms with Crippen molar-refractivity contribution in [2.45, 2.75) is 0 Å². The van der Waals surface area contributed by atoms with E-state index in [1.54, 1.807) is 0 Å². The highest BCUT2D eigenvalue weighted by molar-refractivity contribution is 6.26. The molecule has 0 aliphatic rings. The van der Waals surface area contributed by atoms with E-state index in [1.807, 2.05) is 24.3 Å². The average Bonchev–Trinajstić information content (AvgIpc) is 4.16. The van der Waals surface area contributed by atoms with Crippen molar-refractivity contribution in [2.75, 3.05) is 10.7 Å². The van der Waals surface area contributed by atoms with Crippen LogP contribution in [0.15, 0.2) is 243 Å². The smallest absolute Gasteiger partial charge is 0.237 e. The molecule has 0 atom stereocenters. The second-order valence-electron chi connectivity index (χ2n) is 18.4. The fraction of sp³-hybridized carbons (Fsp3) is 0. The first kappa shape index (κ1) is 40.0. The van der Waals surface area contributed by atoms with Gasteiger partial charge in [0.1, 0.15) is 11.4 Å². The van der Waals surface area contributed by atoms with Gasteiger partial charge in [0.2, 0.25) is 5.95 Å². The fourth-order valence-corrected chi connectivity index (χ4v) is 11.3. The van der Waals surface area contributed by atoms with Crippen LogP contribution in [0.5, 0.6) is 0 Å². The van der Waals surface area contributed by atoms with Crippen LogP contribution >= 0.6 is 0 Å². The van der Waals surface area contributed by atoms with E-state index in [-0.39, 0.29) is 0 Å². The van der Waals surface area contributed by atoms with Crippen molar-refractivity contribution in [2.24, 2.45) is 0 Å². The number of hydrogen-bond donors (Lipinski definition) is 2. The molecule has 5 heterocycles. The van der Waals surface area contributed by atoms with Crippen molar-refractivity contribution in [3.63, 3.8) is 0 Å². The Kier molecular flexibility index (Phi) is 8.79. The zero-order valence-corrected chi connectivity index (χ0v) is 38.8. The monoisotopic (exact) mass is 922 g/mol. The highest BCUT2D eigenvalue weighted by Gasteiger charge is 2.26. The first-order valence-electron chi connectivity index (χ1n) is 24.3. The molecule has 0 bridgehead atoms. The highest BCUT2D eigenvalue weighted by Crippen LogP contribution is 2.44. The minimum atomic E-state index is 0.539. The number of anilines is 3. The maximum atomic E-state index is 5.69. The molecule has 0 saturated carbocycles. The fourth-order valence-electron chi connectivity index (χ4n) is 11.3. The molecule has 72 heavy (non-hydrogen) atoms. The second-order valence-corrected chi connectivity index (χ2v) is 18.4. The lowest BCUT2D eigenvalue weighted by molar-refractivity contribution is 0.963. The van der Waals surface area contributed by atoms with Crippen molar-refractivity contribution in [1.82, 2.24) is 28.3 Å². The van der Waals surface area contributed by atoms with Crippen molar-refractivity contribution in [3.8, 4) is 28.6 Å². The minimum Gasteiger partial charge on any atom is -0.351 e. The number of rotatable bonds is 8. The number of benzene rings is 10. The lowest BCUT2D eigenvalue weighted by atomic mass is 10.1. The van der Waals surface area contributed by atoms with Gasteiger partial charge in [0, 0.05) is 65.7 Å². The maximum absolute atomic E-state index is 5.69. The van der Waals surface area contributed by atoms with Crippen molar-refractivity contribution >= 4 is 104 Å². The predicted octanol–water partition coefficient (Wildman–Crippen LogP) is 16.2. The molecule has 338 valence electrons. The summed E-state index contributed by atoms with van der Waals surface area (Å²) in [5.41, 5.74) is 18.2. The summed E-state index contributed by atoms with van der Waals surface area (Å²) in [6.07, 6.45) is 0. The zero-order chi connectivity index (χ0) is 47.3. The summed E-state index contributed by atoms with van der Waals surface area (Å²) in [4.78, 5) is 11.3. The lowest BCUT2D eigenvalue weighted by Gasteiger charge is -2.20. The van der Waals surface area contributed by atoms with Crippen LogP contribution in [-0.2, 0) is 0 Å². The molecular weight excluding hydrogens is 881 g/mol. The number of para-hydroxylation sites is 7. The van der Waals surface area contributed by atoms with Gasteiger partial charge in [-0.05, 0) is 78.9 Å². The Morgan fingerprint density at radius 1 is 0.333 bits per heavy atom. The van der Waals surface area contributed by atoms with Gasteiger partial charge in [-0.25, -0.2) is 4.98 Å². The molecule has 0 radical (unpaired) electrons. The van der Waals surface area contributed by atoms with Gasteiger partial charge in [-0.3, -0.25) is 14.7 Å². The number of nitrogens with one attached hydrogen (secondary N) is 2. The van der Waals surface area contributed by atoms with Crippen LogP contribution in [0, 0.1) is 0 Å². The predicted molar refractivity (Wildman–Crippen MR) is 299 cm³/mol. The number of nitrogens with zero attached hydrogens (tertiary/aromatic N) is 6. The molecule has 8 heteroatoms. The van der Waals surface area contributed by atoms with Crippen molar-refractivity contribution in [3.05, 3.63) is 243 Å². The first-order valence-corrected chi connectivity index (χ1v) is 24.3. The van der Waals surface area contributed by atoms with Crippen LogP contribution in [0.2, 0.25) is 0 Å². The Hall–Kier alpha value is -9.92. The Bertz CT molecular complexity index is 4610. The summed E-state index contributed by atoms with van der Waals surface area (Å²) in [7, 11) is 0. The molecule has 5 aromatic heterocycles. The summed E-state index contributed by atoms with van der Waals surface area (Å²) >= 11 is 0. The van der Waals surface area contributed by atoms with Gasteiger partial charge in [0.25, 0.3) is 0 Å². The molecule has 10 aromatic carbocycles. The standard InChI is InChI=1S/C64H42N8/c1-5-21-41(22-6-1)60-61(65-42-23-7-2-8-24-42)63(68-72-55-36-20-15-31-47(55)51-39-57-50(40-58(51)72)46-30-14-17-33-52(46)69(57)43-25-9-3-10-26-43)67-64(66-60)71-54-35-19-16-32-49(54)59-56(71)38-37-48-45-29-13-18-34-53(45)70(62(48)59)44-27-11-4-12-28-44/h1-40,65H,(H,66,67,68). The summed E-state index contributed by atoms with van der Waals surface area (Å²) in [5, 5.41) is 13.1. The number of aromatic nitrogens is 6. The third-order valence-electron chi connectivity index (χ3n) is 14.4. The largest absolute Gasteiger partial charge is 0.351 e. The van der Waals surface area contributed by atoms with Crippen LogP contribution in [0.25, 0.3) is 116 Å². The van der Waals surface area contributed by atoms with E-state index >= 15 is 0 Å². The highest BCUT2D eigenvalue weighted by atomic mass is 15.4. The van der Waals surface area contributed by atoms with E-state index in [9.17, 15) is 0 Å². The zero-order valence-electron chi connectivity index (χ0n) is 38.8. The van der Waals surface area contributed by atoms with E-state index in [2.05, 4.69) is 248 Å². The summed E-state index contributed by atoms with van der Waals surface area (Å²) in [5.74, 6) is 1.15. The maximum Gasteiger partial charge on any atom is 0.237 e. The average molecular weight is 923 g/mol. The minimum absolute atomic E-state index is 0.539. The third kappa shape index (κ3) is 5.99. The van der Waals surface area contributed by atoms with Crippen LogP contribution < -0.4 is 10.7 Å². The van der Waals surface area contributed by atoms with Crippen molar-refractivity contribution in [1.29, 1.82) is 0 Å². The van der Waals surface area contributed by atoms with E-state index in [0.717, 1.165) is 105 Å². The molecule has 8 nitrogen and oxygen atoms in total. The first-order chi connectivity index (χ1) is 35.7. The SMILES string of the molecule is c1ccc(Nc2c(Nn3c4ccccc4c4cc5c(cc43)c3ccccc3n5-c3ccccc3)nc(-n3c4ccccc4c4c3ccc3c5ccccc5n(-c5ccccc5)c34)nc2-c2ccccc2)cc1. The normalized spacial score (nSPS) is 11.9. The van der Waals surface area contributed by atoms with Gasteiger partial charge < -0.3 is 14.5 Å². The van der Waals surface area contributed by atoms with Gasteiger partial charge in [0.15, 0.2) is 5.82 Å². The van der Waals surface area contributed by atoms with E-state index in [1.165, 1.54) is 16.2 Å². The molecule has 0 fully saturated rings. The van der Waals surface area contributed by atoms with Gasteiger partial charge >= 0.3 is 0 Å². The summed E-state index contributed by atoms with van der Waals surface area (Å²) < 4.78 is 9.25. The van der Waals surface area contributed by atoms with E-state index in [0.29, 0.717) is 11.8 Å². The topological polar surface area (TPSA) is 69.6 Å². The molecule has 0 saturated heterocycles. The Morgan fingerprint density at radius 3 is 1.51 bits per heavy atom. The van der Waals surface area contributed by atoms with E-state index in [4.69, 9.17) is 9.97 Å². The molecule has 0 unspecified atom stereocenters. The molecular formula is C64H42N8. The third-order valence-corrected chi connectivity index (χ3v) is 14.4. The lowest BCUT2D eigenvalue weighted by Crippen LogP contribution is -2.15. The van der Waals surface area contributed by atoms with Gasteiger partial charge in [-0.1, -0.05) is 164 Å². The molecule has 0 amide bonds. The molecule has 0 aliphatic heterocycles. The molecule has 0 aliphatic carbocycles. The quantitative estimate of drug-likeness (QED) is 0.159. The van der Waals surface area contributed by atoms with E-state index < -0.39 is 0 Å². The van der Waals surface area contributed by atoms with Crippen LogP contribution in [0.3, 0.4) is 0 Å². The van der Waals surface area contributed by atoms with Crippen LogP contribution in [-0.4, -0.2) is 28.3 Å². The van der Waals surface area contributed by atoms with Crippen LogP contribution in [0.4, 0.5) is 17.2 Å². The molecule has 0 spiro atoms. The molecule has 2 N–H and O–H groups in total. The number of hydrogen-bond acceptors (Lipinski definition) is 4. The summed E-state index contributed by atoms with van der Waals surface area (Å²) in [6, 6.07) is 86.0. The Balaban J connectivity index is 1.03. The van der Waals surface area contributed by atoms with Gasteiger partial charge in [-0.2, -0.15) is 4.98 Å². The van der Waals surface area contributed by atoms with Gasteiger partial charge in [0.05, 0.1) is 44.1 Å². The van der Waals surface area contributed by atoms with Crippen LogP contribution in [0.1, 0.15) is 0 Å². The second kappa shape index (κ2) is 15.8. The Labute approximate surface area is 412 Å². The van der Waals surface area contributed by atoms with Gasteiger partial charge in [-0.15, -0.1) is 0 Å². The Morgan fingerprint density at radius 2 is 0.833 bits per heavy atom. The number of fused-ring (bicyclic) bond motifs is 13. The molecule has 15 rings (SSSR count). The summed E-state index contributed by atoms with van der Waals surface area (Å²) in [6.45, 7) is 0. The molecule has 15 aromatic rings. The van der Waals surface area contributed by atoms with Crippen molar-refractivity contribution < 1.29 is 0 Å².